The lowest BCUT2D eigenvalue weighted by atomic mass is 10.0. The molecular weight excluding hydrogens is 522 g/mol. The summed E-state index contributed by atoms with van der Waals surface area (Å²) in [5.74, 6) is -0.525. The van der Waals surface area contributed by atoms with Gasteiger partial charge in [0.15, 0.2) is 5.65 Å². The predicted molar refractivity (Wildman–Crippen MR) is 156 cm³/mol. The summed E-state index contributed by atoms with van der Waals surface area (Å²) in [5.41, 5.74) is 3.62. The van der Waals surface area contributed by atoms with Gasteiger partial charge in [-0.05, 0) is 53.4 Å². The van der Waals surface area contributed by atoms with Crippen LogP contribution < -0.4 is 5.63 Å². The van der Waals surface area contributed by atoms with Crippen LogP contribution in [0, 0.1) is 6.92 Å². The summed E-state index contributed by atoms with van der Waals surface area (Å²) in [5, 5.41) is 9.98. The van der Waals surface area contributed by atoms with E-state index in [4.69, 9.17) is 19.2 Å². The summed E-state index contributed by atoms with van der Waals surface area (Å²) < 4.78 is 13.1. The van der Waals surface area contributed by atoms with Gasteiger partial charge in [0.1, 0.15) is 12.2 Å². The molecule has 194 valence electrons. The fraction of sp³-hybridized carbons (Fsp3) is 0.0625. The number of aryl methyl sites for hydroxylation is 1. The Labute approximate surface area is 231 Å². The number of pyridine rings is 1. The molecule has 4 aromatic heterocycles. The normalized spacial score (nSPS) is 11.4. The Balaban J connectivity index is 1.34. The number of benzene rings is 3. The molecule has 0 aliphatic carbocycles. The Morgan fingerprint density at radius 3 is 2.60 bits per heavy atom. The smallest absolute Gasteiger partial charge is 0.339 e. The second kappa shape index (κ2) is 9.59. The molecule has 0 amide bonds. The third-order valence-electron chi connectivity index (χ3n) is 6.88. The molecule has 0 saturated carbocycles. The molecule has 0 aliphatic rings. The SMILES string of the molecule is Cc1nn(-c2ccccc2)c2nc(-c3cccs3)cc(C(=O)OCc3cc(=O)oc4ccc5ccccc5c34)c12. The molecule has 7 nitrogen and oxygen atoms in total. The zero-order chi connectivity index (χ0) is 27.2. The molecule has 0 radical (unpaired) electrons. The monoisotopic (exact) mass is 543 g/mol. The van der Waals surface area contributed by atoms with Crippen molar-refractivity contribution in [1.82, 2.24) is 14.8 Å². The van der Waals surface area contributed by atoms with Crippen LogP contribution in [-0.2, 0) is 11.3 Å². The van der Waals surface area contributed by atoms with Crippen LogP contribution in [0.5, 0.6) is 0 Å². The van der Waals surface area contributed by atoms with Crippen LogP contribution >= 0.6 is 11.3 Å². The van der Waals surface area contributed by atoms with Crippen molar-refractivity contribution in [2.24, 2.45) is 0 Å². The van der Waals surface area contributed by atoms with E-state index >= 15 is 0 Å². The van der Waals surface area contributed by atoms with Gasteiger partial charge in [0.05, 0.1) is 32.9 Å². The molecule has 40 heavy (non-hydrogen) atoms. The summed E-state index contributed by atoms with van der Waals surface area (Å²) in [6, 6.07) is 28.2. The van der Waals surface area contributed by atoms with Gasteiger partial charge in [0, 0.05) is 17.0 Å². The molecule has 0 atom stereocenters. The molecule has 0 fully saturated rings. The minimum absolute atomic E-state index is 0.0983. The van der Waals surface area contributed by atoms with Crippen molar-refractivity contribution < 1.29 is 13.9 Å². The first-order valence-corrected chi connectivity index (χ1v) is 13.6. The third-order valence-corrected chi connectivity index (χ3v) is 7.77. The number of fused-ring (bicyclic) bond motifs is 4. The molecule has 7 aromatic rings. The van der Waals surface area contributed by atoms with E-state index in [1.165, 1.54) is 17.4 Å². The number of rotatable bonds is 5. The fourth-order valence-electron chi connectivity index (χ4n) is 5.10. The maximum Gasteiger partial charge on any atom is 0.339 e. The zero-order valence-electron chi connectivity index (χ0n) is 21.3. The average Bonchev–Trinajstić information content (AvgIpc) is 3.64. The summed E-state index contributed by atoms with van der Waals surface area (Å²) in [6.07, 6.45) is 0. The van der Waals surface area contributed by atoms with Crippen LogP contribution in [0.1, 0.15) is 21.6 Å². The highest BCUT2D eigenvalue weighted by Crippen LogP contribution is 2.32. The van der Waals surface area contributed by atoms with Crippen molar-refractivity contribution >= 4 is 50.1 Å². The number of para-hydroxylation sites is 1. The van der Waals surface area contributed by atoms with E-state index in [0.29, 0.717) is 39.1 Å². The highest BCUT2D eigenvalue weighted by atomic mass is 32.1. The average molecular weight is 544 g/mol. The third kappa shape index (κ3) is 4.06. The number of esters is 1. The van der Waals surface area contributed by atoms with Crippen LogP contribution in [0.3, 0.4) is 0 Å². The Kier molecular flexibility index (Phi) is 5.75. The van der Waals surface area contributed by atoms with Gasteiger partial charge in [-0.3, -0.25) is 0 Å². The first kappa shape index (κ1) is 24.0. The van der Waals surface area contributed by atoms with Crippen molar-refractivity contribution in [3.05, 3.63) is 124 Å². The topological polar surface area (TPSA) is 87.2 Å². The van der Waals surface area contributed by atoms with E-state index < -0.39 is 11.6 Å². The van der Waals surface area contributed by atoms with Gasteiger partial charge in [0.25, 0.3) is 0 Å². The minimum Gasteiger partial charge on any atom is -0.457 e. The van der Waals surface area contributed by atoms with Gasteiger partial charge in [-0.15, -0.1) is 11.3 Å². The van der Waals surface area contributed by atoms with Crippen LogP contribution in [-0.4, -0.2) is 20.7 Å². The minimum atomic E-state index is -0.525. The van der Waals surface area contributed by atoms with Crippen LogP contribution in [0.25, 0.3) is 49.0 Å². The number of hydrogen-bond donors (Lipinski definition) is 0. The predicted octanol–water partition coefficient (Wildman–Crippen LogP) is 7.07. The number of hydrogen-bond acceptors (Lipinski definition) is 7. The lowest BCUT2D eigenvalue weighted by Gasteiger charge is -2.11. The van der Waals surface area contributed by atoms with Gasteiger partial charge in [-0.2, -0.15) is 5.10 Å². The second-order valence-corrected chi connectivity index (χ2v) is 10.3. The van der Waals surface area contributed by atoms with Gasteiger partial charge in [0.2, 0.25) is 0 Å². The van der Waals surface area contributed by atoms with Crippen molar-refractivity contribution in [2.45, 2.75) is 13.5 Å². The van der Waals surface area contributed by atoms with E-state index in [2.05, 4.69) is 0 Å². The molecule has 0 spiro atoms. The highest BCUT2D eigenvalue weighted by molar-refractivity contribution is 7.13. The first-order valence-electron chi connectivity index (χ1n) is 12.7. The summed E-state index contributed by atoms with van der Waals surface area (Å²) >= 11 is 1.54. The highest BCUT2D eigenvalue weighted by Gasteiger charge is 2.23. The Hall–Kier alpha value is -5.08. The first-order chi connectivity index (χ1) is 19.6. The Bertz CT molecular complexity index is 2110. The lowest BCUT2D eigenvalue weighted by molar-refractivity contribution is 0.0476. The molecule has 0 N–H and O–H groups in total. The van der Waals surface area contributed by atoms with E-state index in [9.17, 15) is 9.59 Å². The zero-order valence-corrected chi connectivity index (χ0v) is 22.1. The number of thiophene rings is 1. The number of ether oxygens (including phenoxy) is 1. The quantitative estimate of drug-likeness (QED) is 0.131. The number of carbonyl (C=O) groups excluding carboxylic acids is 1. The van der Waals surface area contributed by atoms with Crippen LogP contribution in [0.15, 0.2) is 106 Å². The van der Waals surface area contributed by atoms with E-state index in [0.717, 1.165) is 26.7 Å². The molecular formula is C32H21N3O4S. The van der Waals surface area contributed by atoms with Crippen molar-refractivity contribution in [3.8, 4) is 16.3 Å². The summed E-state index contributed by atoms with van der Waals surface area (Å²) in [6.45, 7) is 1.76. The molecule has 8 heteroatoms. The number of aromatic nitrogens is 3. The van der Waals surface area contributed by atoms with Crippen molar-refractivity contribution in [1.29, 1.82) is 0 Å². The van der Waals surface area contributed by atoms with Crippen LogP contribution in [0.2, 0.25) is 0 Å². The maximum absolute atomic E-state index is 13.8. The fourth-order valence-corrected chi connectivity index (χ4v) is 5.79. The molecule has 0 unspecified atom stereocenters. The van der Waals surface area contributed by atoms with Gasteiger partial charge in [-0.1, -0.05) is 54.6 Å². The van der Waals surface area contributed by atoms with E-state index in [1.807, 2.05) is 85.1 Å². The van der Waals surface area contributed by atoms with Crippen molar-refractivity contribution in [2.75, 3.05) is 0 Å². The molecule has 0 bridgehead atoms. The summed E-state index contributed by atoms with van der Waals surface area (Å²) in [7, 11) is 0. The Morgan fingerprint density at radius 1 is 0.950 bits per heavy atom. The largest absolute Gasteiger partial charge is 0.457 e. The molecule has 7 rings (SSSR count). The number of carbonyl (C=O) groups is 1. The van der Waals surface area contributed by atoms with Gasteiger partial charge >= 0.3 is 11.6 Å². The molecule has 0 aliphatic heterocycles. The Morgan fingerprint density at radius 2 is 1.77 bits per heavy atom. The molecule has 3 aromatic carbocycles. The van der Waals surface area contributed by atoms with E-state index in [-0.39, 0.29) is 6.61 Å². The molecule has 4 heterocycles. The second-order valence-electron chi connectivity index (χ2n) is 9.39. The summed E-state index contributed by atoms with van der Waals surface area (Å²) in [4.78, 5) is 31.9. The molecule has 0 saturated heterocycles. The number of nitrogens with zero attached hydrogens (tertiary/aromatic N) is 3. The van der Waals surface area contributed by atoms with Gasteiger partial charge in [-0.25, -0.2) is 19.3 Å². The van der Waals surface area contributed by atoms with E-state index in [1.54, 1.807) is 16.8 Å². The van der Waals surface area contributed by atoms with Gasteiger partial charge < -0.3 is 9.15 Å². The standard InChI is InChI=1S/C32H21N3O4S/c1-19-29-24(17-25(27-12-7-15-40-27)33-31(29)35(34-19)22-9-3-2-4-10-22)32(37)38-18-21-16-28(36)39-26-14-13-20-8-5-6-11-23(20)30(21)26/h2-17H,18H2,1H3. The maximum atomic E-state index is 13.8. The van der Waals surface area contributed by atoms with Crippen molar-refractivity contribution in [3.63, 3.8) is 0 Å². The lowest BCUT2D eigenvalue weighted by Crippen LogP contribution is -2.09. The van der Waals surface area contributed by atoms with Crippen LogP contribution in [0.4, 0.5) is 0 Å².